The minimum atomic E-state index is -0.779. The summed E-state index contributed by atoms with van der Waals surface area (Å²) in [5, 5.41) is 9.80. The summed E-state index contributed by atoms with van der Waals surface area (Å²) < 4.78 is 5.27. The van der Waals surface area contributed by atoms with Crippen LogP contribution in [0.15, 0.2) is 4.42 Å². The van der Waals surface area contributed by atoms with E-state index in [1.807, 2.05) is 0 Å². The van der Waals surface area contributed by atoms with Crippen molar-refractivity contribution in [1.82, 2.24) is 9.88 Å². The van der Waals surface area contributed by atoms with Gasteiger partial charge in [0, 0.05) is 20.0 Å². The smallest absolute Gasteiger partial charge is 0.291 e. The molecule has 5 nitrogen and oxygen atoms in total. The van der Waals surface area contributed by atoms with Crippen LogP contribution in [-0.2, 0) is 0 Å². The molecule has 1 saturated heterocycles. The molecule has 1 aromatic heterocycles. The molecule has 2 heterocycles. The summed E-state index contributed by atoms with van der Waals surface area (Å²) in [5.74, 6) is 0.595. The first-order chi connectivity index (χ1) is 7.39. The number of nitrogens with zero attached hydrogens (tertiary/aromatic N) is 2. The summed E-state index contributed by atoms with van der Waals surface area (Å²) in [4.78, 5) is 17.7. The fourth-order valence-electron chi connectivity index (χ4n) is 1.99. The van der Waals surface area contributed by atoms with Crippen LogP contribution in [0.2, 0.25) is 0 Å². The molecule has 1 aliphatic heterocycles. The first kappa shape index (κ1) is 11.1. The third kappa shape index (κ3) is 1.95. The number of β-amino-alcohol motifs (C(OH)–C–C–N with tert-alkyl or cyclic N) is 1. The van der Waals surface area contributed by atoms with Crippen LogP contribution >= 0.6 is 0 Å². The van der Waals surface area contributed by atoms with Gasteiger partial charge in [0.05, 0.1) is 11.3 Å². The molecule has 5 heteroatoms. The van der Waals surface area contributed by atoms with Crippen molar-refractivity contribution in [3.63, 3.8) is 0 Å². The third-order valence-corrected chi connectivity index (χ3v) is 2.84. The van der Waals surface area contributed by atoms with Gasteiger partial charge in [-0.2, -0.15) is 0 Å². The second-order valence-electron chi connectivity index (χ2n) is 4.62. The van der Waals surface area contributed by atoms with Crippen molar-refractivity contribution in [3.8, 4) is 0 Å². The number of rotatable bonds is 1. The van der Waals surface area contributed by atoms with Crippen molar-refractivity contribution in [3.05, 3.63) is 17.3 Å². The molecule has 0 radical (unpaired) electrons. The molecule has 1 atom stereocenters. The maximum Gasteiger partial charge on any atom is 0.291 e. The van der Waals surface area contributed by atoms with Gasteiger partial charge < -0.3 is 14.4 Å². The van der Waals surface area contributed by atoms with E-state index in [2.05, 4.69) is 4.98 Å². The molecule has 1 aromatic rings. The monoisotopic (exact) mass is 224 g/mol. The Labute approximate surface area is 94.1 Å². The summed E-state index contributed by atoms with van der Waals surface area (Å²) in [6.45, 7) is 6.11. The summed E-state index contributed by atoms with van der Waals surface area (Å²) in [6.07, 6.45) is 0.602. The van der Waals surface area contributed by atoms with E-state index in [-0.39, 0.29) is 11.7 Å². The predicted octanol–water partition coefficient (Wildman–Crippen LogP) is 0.888. The largest absolute Gasteiger partial charge is 0.436 e. The quantitative estimate of drug-likeness (QED) is 0.769. The number of oxazole rings is 1. The molecule has 0 aliphatic carbocycles. The zero-order chi connectivity index (χ0) is 11.9. The zero-order valence-electron chi connectivity index (χ0n) is 9.78. The molecule has 0 bridgehead atoms. The summed E-state index contributed by atoms with van der Waals surface area (Å²) in [6, 6.07) is 0. The molecule has 1 aliphatic rings. The number of aromatic nitrogens is 1. The van der Waals surface area contributed by atoms with Crippen molar-refractivity contribution in [1.29, 1.82) is 0 Å². The molecule has 0 saturated carbocycles. The molecule has 16 heavy (non-hydrogen) atoms. The first-order valence-electron chi connectivity index (χ1n) is 5.35. The van der Waals surface area contributed by atoms with Gasteiger partial charge in [-0.3, -0.25) is 4.79 Å². The molecule has 1 fully saturated rings. The van der Waals surface area contributed by atoms with Crippen molar-refractivity contribution >= 4 is 5.91 Å². The summed E-state index contributed by atoms with van der Waals surface area (Å²) >= 11 is 0. The van der Waals surface area contributed by atoms with E-state index in [0.717, 1.165) is 0 Å². The molecule has 1 N–H and O–H groups in total. The molecule has 1 amide bonds. The van der Waals surface area contributed by atoms with Crippen LogP contribution < -0.4 is 0 Å². The van der Waals surface area contributed by atoms with Crippen molar-refractivity contribution in [2.24, 2.45) is 0 Å². The highest BCUT2D eigenvalue weighted by Crippen LogP contribution is 2.23. The number of aliphatic hydroxyl groups is 1. The highest BCUT2D eigenvalue weighted by Gasteiger charge is 2.36. The summed E-state index contributed by atoms with van der Waals surface area (Å²) in [5.41, 5.74) is -0.174. The van der Waals surface area contributed by atoms with E-state index in [1.54, 1.807) is 25.7 Å². The topological polar surface area (TPSA) is 66.6 Å². The fraction of sp³-hybridized carbons (Fsp3) is 0.636. The van der Waals surface area contributed by atoms with Gasteiger partial charge in [-0.05, 0) is 20.3 Å². The number of carbonyl (C=O) groups excluding carboxylic acids is 1. The molecule has 0 spiro atoms. The normalized spacial score (nSPS) is 25.1. The van der Waals surface area contributed by atoms with Crippen LogP contribution in [0.3, 0.4) is 0 Å². The number of carbonyl (C=O) groups is 1. The lowest BCUT2D eigenvalue weighted by molar-refractivity contribution is 0.0553. The van der Waals surface area contributed by atoms with Gasteiger partial charge >= 0.3 is 0 Å². The molecule has 1 unspecified atom stereocenters. The van der Waals surface area contributed by atoms with Crippen LogP contribution in [0.25, 0.3) is 0 Å². The average molecular weight is 224 g/mol. The van der Waals surface area contributed by atoms with E-state index in [0.29, 0.717) is 31.1 Å². The standard InChI is InChI=1S/C11H16N2O3/c1-7-9(16-8(2)12-7)10(14)13-5-4-11(3,15)6-13/h15H,4-6H2,1-3H3. The predicted molar refractivity (Wildman–Crippen MR) is 57.1 cm³/mol. The summed E-state index contributed by atoms with van der Waals surface area (Å²) in [7, 11) is 0. The lowest BCUT2D eigenvalue weighted by Crippen LogP contribution is -2.34. The van der Waals surface area contributed by atoms with Gasteiger partial charge in [-0.1, -0.05) is 0 Å². The van der Waals surface area contributed by atoms with Gasteiger partial charge in [0.1, 0.15) is 0 Å². The van der Waals surface area contributed by atoms with E-state index >= 15 is 0 Å². The lowest BCUT2D eigenvalue weighted by atomic mass is 10.1. The lowest BCUT2D eigenvalue weighted by Gasteiger charge is -2.17. The Balaban J connectivity index is 2.18. The maximum absolute atomic E-state index is 12.0. The first-order valence-corrected chi connectivity index (χ1v) is 5.35. The van der Waals surface area contributed by atoms with Crippen LogP contribution in [0, 0.1) is 13.8 Å². The minimum absolute atomic E-state index is 0.184. The number of hydrogen-bond acceptors (Lipinski definition) is 4. The van der Waals surface area contributed by atoms with Gasteiger partial charge in [0.25, 0.3) is 5.91 Å². The third-order valence-electron chi connectivity index (χ3n) is 2.84. The van der Waals surface area contributed by atoms with Crippen LogP contribution in [0.4, 0.5) is 0 Å². The van der Waals surface area contributed by atoms with E-state index < -0.39 is 5.60 Å². The van der Waals surface area contributed by atoms with Crippen molar-refractivity contribution in [2.45, 2.75) is 32.8 Å². The SMILES string of the molecule is Cc1nc(C)c(C(=O)N2CCC(C)(O)C2)o1. The maximum atomic E-state index is 12.0. The van der Waals surface area contributed by atoms with Gasteiger partial charge in [-0.15, -0.1) is 0 Å². The van der Waals surface area contributed by atoms with Crippen LogP contribution in [-0.4, -0.2) is 39.6 Å². The Kier molecular flexibility index (Phi) is 2.50. The average Bonchev–Trinajstić information content (AvgIpc) is 2.68. The number of hydrogen-bond donors (Lipinski definition) is 1. The molecule has 0 aromatic carbocycles. The number of aryl methyl sites for hydroxylation is 2. The van der Waals surface area contributed by atoms with Crippen LogP contribution in [0.5, 0.6) is 0 Å². The van der Waals surface area contributed by atoms with Crippen molar-refractivity contribution < 1.29 is 14.3 Å². The van der Waals surface area contributed by atoms with E-state index in [4.69, 9.17) is 4.42 Å². The fourth-order valence-corrected chi connectivity index (χ4v) is 1.99. The van der Waals surface area contributed by atoms with Gasteiger partial charge in [-0.25, -0.2) is 4.98 Å². The Morgan fingerprint density at radius 3 is 2.69 bits per heavy atom. The highest BCUT2D eigenvalue weighted by molar-refractivity contribution is 5.92. The highest BCUT2D eigenvalue weighted by atomic mass is 16.4. The molecule has 2 rings (SSSR count). The second kappa shape index (κ2) is 3.59. The number of amides is 1. The van der Waals surface area contributed by atoms with Gasteiger partial charge in [0.15, 0.2) is 5.89 Å². The van der Waals surface area contributed by atoms with Crippen LogP contribution in [0.1, 0.15) is 35.5 Å². The van der Waals surface area contributed by atoms with E-state index in [1.165, 1.54) is 0 Å². The Morgan fingerprint density at radius 1 is 1.56 bits per heavy atom. The van der Waals surface area contributed by atoms with Crippen molar-refractivity contribution in [2.75, 3.05) is 13.1 Å². The number of likely N-dealkylation sites (tertiary alicyclic amines) is 1. The van der Waals surface area contributed by atoms with E-state index in [9.17, 15) is 9.90 Å². The van der Waals surface area contributed by atoms with Gasteiger partial charge in [0.2, 0.25) is 5.76 Å². The minimum Gasteiger partial charge on any atom is -0.436 e. The molecular weight excluding hydrogens is 208 g/mol. The second-order valence-corrected chi connectivity index (χ2v) is 4.62. The zero-order valence-corrected chi connectivity index (χ0v) is 9.78. The Morgan fingerprint density at radius 2 is 2.25 bits per heavy atom. The Bertz CT molecular complexity index is 423. The Hall–Kier alpha value is -1.36. The molecule has 88 valence electrons. The molecular formula is C11H16N2O3.